The van der Waals surface area contributed by atoms with Crippen molar-refractivity contribution < 1.29 is 8.42 Å². The van der Waals surface area contributed by atoms with Crippen LogP contribution in [0.4, 0.5) is 0 Å². The first-order valence-electron chi connectivity index (χ1n) is 7.32. The van der Waals surface area contributed by atoms with Gasteiger partial charge in [-0.25, -0.2) is 8.42 Å². The van der Waals surface area contributed by atoms with E-state index in [0.717, 1.165) is 0 Å². The molecule has 2 saturated carbocycles. The van der Waals surface area contributed by atoms with E-state index < -0.39 is 18.1 Å². The third-order valence-corrected chi connectivity index (χ3v) is 8.98. The maximum Gasteiger partial charge on any atom is 0.212 e. The first-order valence-corrected chi connectivity index (χ1v) is 10.7. The monoisotopic (exact) mass is 291 g/mol. The minimum atomic E-state index is -3.04. The zero-order chi connectivity index (χ0) is 13.0. The molecule has 2 rings (SSSR count). The molecular formula is C13H26NO2PS. The van der Waals surface area contributed by atoms with Crippen molar-refractivity contribution in [2.24, 2.45) is 0 Å². The normalized spacial score (nSPS) is 24.6. The highest BCUT2D eigenvalue weighted by atomic mass is 32.2. The van der Waals surface area contributed by atoms with Crippen LogP contribution < -0.4 is 4.49 Å². The number of hydrogen-bond acceptors (Lipinski definition) is 2. The van der Waals surface area contributed by atoms with E-state index >= 15 is 0 Å². The Labute approximate surface area is 113 Å². The Morgan fingerprint density at radius 3 is 1.56 bits per heavy atom. The molecule has 0 amide bonds. The molecule has 0 bridgehead atoms. The van der Waals surface area contributed by atoms with Crippen LogP contribution in [0.1, 0.15) is 64.2 Å². The molecule has 2 aliphatic rings. The minimum Gasteiger partial charge on any atom is -0.212 e. The maximum absolute atomic E-state index is 11.6. The molecule has 0 saturated heterocycles. The maximum atomic E-state index is 11.6. The predicted octanol–water partition coefficient (Wildman–Crippen LogP) is 3.60. The third-order valence-electron chi connectivity index (χ3n) is 4.21. The van der Waals surface area contributed by atoms with Gasteiger partial charge in [0, 0.05) is 0 Å². The van der Waals surface area contributed by atoms with Gasteiger partial charge in [0.05, 0.1) is 6.26 Å². The fraction of sp³-hybridized carbons (Fsp3) is 1.00. The van der Waals surface area contributed by atoms with Gasteiger partial charge in [-0.05, 0) is 45.1 Å². The lowest BCUT2D eigenvalue weighted by atomic mass is 10.00. The van der Waals surface area contributed by atoms with E-state index in [1.807, 2.05) is 0 Å². The summed E-state index contributed by atoms with van der Waals surface area (Å²) in [5.41, 5.74) is 1.29. The molecule has 3 nitrogen and oxygen atoms in total. The molecule has 2 aliphatic carbocycles. The fourth-order valence-electron chi connectivity index (χ4n) is 3.36. The van der Waals surface area contributed by atoms with Gasteiger partial charge in [0.1, 0.15) is 0 Å². The smallest absolute Gasteiger partial charge is 0.212 e. The first kappa shape index (κ1) is 14.7. The molecule has 0 unspecified atom stereocenters. The Morgan fingerprint density at radius 1 is 0.833 bits per heavy atom. The summed E-state index contributed by atoms with van der Waals surface area (Å²) >= 11 is 0. The summed E-state index contributed by atoms with van der Waals surface area (Å²) in [4.78, 5) is 0. The molecule has 2 fully saturated rings. The van der Waals surface area contributed by atoms with Crippen LogP contribution in [-0.4, -0.2) is 26.0 Å². The number of nitrogens with one attached hydrogen (secondary N) is 1. The average Bonchev–Trinajstić information content (AvgIpc) is 2.37. The van der Waals surface area contributed by atoms with Gasteiger partial charge in [0.25, 0.3) is 0 Å². The molecule has 18 heavy (non-hydrogen) atoms. The van der Waals surface area contributed by atoms with E-state index in [1.54, 1.807) is 0 Å². The summed E-state index contributed by atoms with van der Waals surface area (Å²) < 4.78 is 26.3. The second-order valence-electron chi connectivity index (χ2n) is 5.85. The molecule has 0 aliphatic heterocycles. The summed E-state index contributed by atoms with van der Waals surface area (Å²) in [5, 5.41) is 0. The minimum absolute atomic E-state index is 0.523. The van der Waals surface area contributed by atoms with Gasteiger partial charge in [-0.15, -0.1) is 0 Å². The number of rotatable bonds is 4. The zero-order valence-electron chi connectivity index (χ0n) is 11.4. The second kappa shape index (κ2) is 6.67. The van der Waals surface area contributed by atoms with Crippen molar-refractivity contribution in [2.45, 2.75) is 75.5 Å². The zero-order valence-corrected chi connectivity index (χ0v) is 13.1. The molecule has 0 aromatic heterocycles. The first-order chi connectivity index (χ1) is 8.56. The SMILES string of the molecule is CS(=O)(=O)NP(C1CCCCC1)C1CCCCC1. The molecule has 0 aromatic rings. The number of sulfonamides is 1. The van der Waals surface area contributed by atoms with Crippen LogP contribution in [-0.2, 0) is 10.0 Å². The Hall–Kier alpha value is 0.340. The standard InChI is InChI=1S/C13H26NO2PS/c1-18(15,16)14-17(12-8-4-2-5-9-12)13-10-6-3-7-11-13/h12-14H,2-11H2,1H3. The van der Waals surface area contributed by atoms with Crippen LogP contribution in [0, 0.1) is 0 Å². The summed E-state index contributed by atoms with van der Waals surface area (Å²) in [6.45, 7) is 0. The van der Waals surface area contributed by atoms with Crippen LogP contribution in [0.5, 0.6) is 0 Å². The quantitative estimate of drug-likeness (QED) is 0.804. The molecule has 0 spiro atoms. The third kappa shape index (κ3) is 4.47. The molecule has 0 aromatic carbocycles. The van der Waals surface area contributed by atoms with Crippen molar-refractivity contribution in [3.05, 3.63) is 0 Å². The predicted molar refractivity (Wildman–Crippen MR) is 78.6 cm³/mol. The van der Waals surface area contributed by atoms with Gasteiger partial charge in [-0.2, -0.15) is 4.49 Å². The van der Waals surface area contributed by atoms with Gasteiger partial charge < -0.3 is 0 Å². The van der Waals surface area contributed by atoms with E-state index in [4.69, 9.17) is 0 Å². The van der Waals surface area contributed by atoms with E-state index in [-0.39, 0.29) is 0 Å². The van der Waals surface area contributed by atoms with Crippen molar-refractivity contribution >= 4 is 18.1 Å². The van der Waals surface area contributed by atoms with Crippen LogP contribution in [0.25, 0.3) is 0 Å². The van der Waals surface area contributed by atoms with Crippen molar-refractivity contribution in [1.82, 2.24) is 4.49 Å². The lowest BCUT2D eigenvalue weighted by Gasteiger charge is -2.37. The van der Waals surface area contributed by atoms with Gasteiger partial charge in [-0.3, -0.25) is 0 Å². The van der Waals surface area contributed by atoms with Gasteiger partial charge in [0.2, 0.25) is 10.0 Å². The van der Waals surface area contributed by atoms with Crippen molar-refractivity contribution in [1.29, 1.82) is 0 Å². The van der Waals surface area contributed by atoms with Crippen LogP contribution in [0.2, 0.25) is 0 Å². The molecule has 0 atom stereocenters. The Kier molecular flexibility index (Phi) is 5.47. The van der Waals surface area contributed by atoms with Gasteiger partial charge in [0.15, 0.2) is 0 Å². The van der Waals surface area contributed by atoms with E-state index in [2.05, 4.69) is 4.49 Å². The highest BCUT2D eigenvalue weighted by molar-refractivity contribution is 7.94. The Bertz CT molecular complexity index is 328. The fourth-order valence-corrected chi connectivity index (χ4v) is 8.52. The van der Waals surface area contributed by atoms with Crippen LogP contribution in [0.3, 0.4) is 0 Å². The summed E-state index contributed by atoms with van der Waals surface area (Å²) in [6, 6.07) is 0. The second-order valence-corrected chi connectivity index (χ2v) is 10.4. The van der Waals surface area contributed by atoms with E-state index in [1.165, 1.54) is 70.5 Å². The highest BCUT2D eigenvalue weighted by Crippen LogP contribution is 2.53. The summed E-state index contributed by atoms with van der Waals surface area (Å²) in [6.07, 6.45) is 14.1. The average molecular weight is 291 g/mol. The van der Waals surface area contributed by atoms with Gasteiger partial charge in [-0.1, -0.05) is 38.5 Å². The van der Waals surface area contributed by atoms with Crippen LogP contribution in [0.15, 0.2) is 0 Å². The van der Waals surface area contributed by atoms with Crippen molar-refractivity contribution in [3.8, 4) is 0 Å². The van der Waals surface area contributed by atoms with Gasteiger partial charge >= 0.3 is 0 Å². The largest absolute Gasteiger partial charge is 0.212 e. The Morgan fingerprint density at radius 2 is 1.22 bits per heavy atom. The topological polar surface area (TPSA) is 46.2 Å². The molecule has 1 N–H and O–H groups in total. The lowest BCUT2D eigenvalue weighted by molar-refractivity contribution is 0.482. The highest BCUT2D eigenvalue weighted by Gasteiger charge is 2.32. The van der Waals surface area contributed by atoms with Crippen molar-refractivity contribution in [3.63, 3.8) is 0 Å². The molecular weight excluding hydrogens is 265 g/mol. The van der Waals surface area contributed by atoms with Crippen molar-refractivity contribution in [2.75, 3.05) is 6.26 Å². The summed E-state index contributed by atoms with van der Waals surface area (Å²) in [5.74, 6) is 0. The van der Waals surface area contributed by atoms with E-state index in [9.17, 15) is 8.42 Å². The molecule has 5 heteroatoms. The molecule has 0 heterocycles. The molecule has 0 radical (unpaired) electrons. The van der Waals surface area contributed by atoms with Crippen LogP contribution >= 0.6 is 8.07 Å². The molecule has 106 valence electrons. The lowest BCUT2D eigenvalue weighted by Crippen LogP contribution is -2.30. The number of hydrogen-bond donors (Lipinski definition) is 1. The Balaban J connectivity index is 2.05. The van der Waals surface area contributed by atoms with E-state index in [0.29, 0.717) is 11.3 Å². The summed E-state index contributed by atoms with van der Waals surface area (Å²) in [7, 11) is -3.57.